The minimum Gasteiger partial charge on any atom is -0.347 e. The van der Waals surface area contributed by atoms with E-state index in [-0.39, 0.29) is 17.1 Å². The van der Waals surface area contributed by atoms with Gasteiger partial charge in [0.05, 0.1) is 5.69 Å². The van der Waals surface area contributed by atoms with Gasteiger partial charge < -0.3 is 15.2 Å². The molecule has 0 saturated carbocycles. The minimum absolute atomic E-state index is 0.0331. The van der Waals surface area contributed by atoms with Gasteiger partial charge in [0.2, 0.25) is 5.95 Å². The number of nitrogens with one attached hydrogen (secondary N) is 2. The van der Waals surface area contributed by atoms with Crippen molar-refractivity contribution in [1.82, 2.24) is 29.2 Å². The Hall–Kier alpha value is -3.39. The van der Waals surface area contributed by atoms with E-state index in [1.165, 1.54) is 11.1 Å². The Morgan fingerprint density at radius 2 is 1.97 bits per heavy atom. The zero-order chi connectivity index (χ0) is 23.3. The highest BCUT2D eigenvalue weighted by atomic mass is 16.1. The van der Waals surface area contributed by atoms with Gasteiger partial charge in [-0.05, 0) is 76.9 Å². The third kappa shape index (κ3) is 3.84. The summed E-state index contributed by atoms with van der Waals surface area (Å²) < 4.78 is 5.80. The first-order valence-electron chi connectivity index (χ1n) is 11.5. The van der Waals surface area contributed by atoms with E-state index in [1.807, 2.05) is 30.8 Å². The number of rotatable bonds is 4. The topological polar surface area (TPSA) is 81.7 Å². The number of nitrogens with zero attached hydrogens (tertiary/aromatic N) is 5. The van der Waals surface area contributed by atoms with E-state index in [2.05, 4.69) is 65.4 Å². The average molecular weight is 446 g/mol. The molecule has 0 saturated heterocycles. The first kappa shape index (κ1) is 21.5. The molecule has 0 unspecified atom stereocenters. The van der Waals surface area contributed by atoms with Crippen LogP contribution in [-0.2, 0) is 18.5 Å². The number of hydrogen-bond acceptors (Lipinski definition) is 5. The van der Waals surface area contributed by atoms with E-state index in [0.717, 1.165) is 30.9 Å². The summed E-state index contributed by atoms with van der Waals surface area (Å²) in [5.74, 6) is 0.469. The molecular weight excluding hydrogens is 414 g/mol. The average Bonchev–Trinajstić information content (AvgIpc) is 3.37. The number of benzene rings is 1. The molecule has 0 radical (unpaired) electrons. The monoisotopic (exact) mass is 445 g/mol. The Bertz CT molecular complexity index is 1380. The van der Waals surface area contributed by atoms with Gasteiger partial charge in [0.25, 0.3) is 5.56 Å². The third-order valence-electron chi connectivity index (χ3n) is 6.16. The number of anilines is 2. The van der Waals surface area contributed by atoms with Crippen LogP contribution in [0.4, 0.5) is 11.6 Å². The lowest BCUT2D eigenvalue weighted by molar-refractivity contribution is 0.397. The molecule has 1 aliphatic rings. The van der Waals surface area contributed by atoms with E-state index in [9.17, 15) is 4.79 Å². The zero-order valence-electron chi connectivity index (χ0n) is 19.9. The lowest BCUT2D eigenvalue weighted by Crippen LogP contribution is -2.24. The molecule has 0 spiro atoms. The van der Waals surface area contributed by atoms with Gasteiger partial charge in [-0.25, -0.2) is 14.3 Å². The smallest absolute Gasteiger partial charge is 0.278 e. The molecule has 0 amide bonds. The fraction of sp³-hybridized carbons (Fsp3) is 0.400. The van der Waals surface area contributed by atoms with Crippen molar-refractivity contribution in [2.45, 2.75) is 59.2 Å². The van der Waals surface area contributed by atoms with Crippen LogP contribution in [0.1, 0.15) is 51.8 Å². The molecule has 33 heavy (non-hydrogen) atoms. The first-order chi connectivity index (χ1) is 15.7. The van der Waals surface area contributed by atoms with Crippen molar-refractivity contribution >= 4 is 22.7 Å². The SMILES string of the molecule is CC(C)n1c(=O)c2cnc(Nc3ccc4c(c3)CNCC4)nc2n1-c1ccn(C(C)(C)C)c1. The van der Waals surface area contributed by atoms with Gasteiger partial charge >= 0.3 is 0 Å². The first-order valence-corrected chi connectivity index (χ1v) is 11.5. The van der Waals surface area contributed by atoms with E-state index < -0.39 is 0 Å². The van der Waals surface area contributed by atoms with Crippen molar-refractivity contribution in [3.05, 3.63) is 64.3 Å². The summed E-state index contributed by atoms with van der Waals surface area (Å²) in [6.45, 7) is 12.3. The van der Waals surface area contributed by atoms with E-state index in [1.54, 1.807) is 10.9 Å². The van der Waals surface area contributed by atoms with Crippen molar-refractivity contribution in [2.75, 3.05) is 11.9 Å². The van der Waals surface area contributed by atoms with Gasteiger partial charge in [-0.3, -0.25) is 4.79 Å². The third-order valence-corrected chi connectivity index (χ3v) is 6.16. The van der Waals surface area contributed by atoms with E-state index in [4.69, 9.17) is 4.98 Å². The molecular formula is C25H31N7O. The molecule has 1 aromatic carbocycles. The molecule has 4 aromatic rings. The van der Waals surface area contributed by atoms with Crippen molar-refractivity contribution < 1.29 is 0 Å². The maximum absolute atomic E-state index is 13.2. The number of hydrogen-bond donors (Lipinski definition) is 2. The molecule has 8 heteroatoms. The second kappa shape index (κ2) is 7.88. The van der Waals surface area contributed by atoms with Crippen LogP contribution < -0.4 is 16.2 Å². The second-order valence-electron chi connectivity index (χ2n) is 9.97. The Kier molecular flexibility index (Phi) is 5.12. The van der Waals surface area contributed by atoms with Gasteiger partial charge in [0.15, 0.2) is 5.65 Å². The molecule has 172 valence electrons. The Morgan fingerprint density at radius 3 is 2.70 bits per heavy atom. The highest BCUT2D eigenvalue weighted by Crippen LogP contribution is 2.25. The molecule has 0 atom stereocenters. The van der Waals surface area contributed by atoms with Crippen LogP contribution in [0.2, 0.25) is 0 Å². The van der Waals surface area contributed by atoms with Gasteiger partial charge in [0, 0.05) is 42.4 Å². The lowest BCUT2D eigenvalue weighted by atomic mass is 10.0. The van der Waals surface area contributed by atoms with Crippen LogP contribution in [-0.4, -0.2) is 30.4 Å². The Morgan fingerprint density at radius 1 is 1.15 bits per heavy atom. The molecule has 3 aromatic heterocycles. The Balaban J connectivity index is 1.61. The van der Waals surface area contributed by atoms with Crippen molar-refractivity contribution in [2.24, 2.45) is 0 Å². The van der Waals surface area contributed by atoms with E-state index in [0.29, 0.717) is 17.0 Å². The molecule has 0 fully saturated rings. The standard InChI is InChI=1S/C25H31N7O/c1-16(2)31-23(33)21-14-27-24(28-19-7-6-17-8-10-26-13-18(17)12-19)29-22(21)32(31)20-9-11-30(15-20)25(3,4)5/h6-7,9,11-12,14-16,26H,8,10,13H2,1-5H3,(H,27,28,29). The van der Waals surface area contributed by atoms with Crippen LogP contribution in [0.15, 0.2) is 47.7 Å². The summed E-state index contributed by atoms with van der Waals surface area (Å²) in [5.41, 5.74) is 4.95. The molecule has 1 aliphatic heterocycles. The maximum Gasteiger partial charge on any atom is 0.278 e. The summed E-state index contributed by atoms with van der Waals surface area (Å²) in [4.78, 5) is 22.5. The summed E-state index contributed by atoms with van der Waals surface area (Å²) in [6, 6.07) is 8.36. The van der Waals surface area contributed by atoms with Gasteiger partial charge in [-0.1, -0.05) is 6.07 Å². The molecule has 0 bridgehead atoms. The molecule has 4 heterocycles. The number of fused-ring (bicyclic) bond motifs is 2. The van der Waals surface area contributed by atoms with Crippen molar-refractivity contribution in [3.63, 3.8) is 0 Å². The summed E-state index contributed by atoms with van der Waals surface area (Å²) in [6.07, 6.45) is 6.77. The van der Waals surface area contributed by atoms with Gasteiger partial charge in [-0.15, -0.1) is 0 Å². The lowest BCUT2D eigenvalue weighted by Gasteiger charge is -2.21. The van der Waals surface area contributed by atoms with Gasteiger partial charge in [0.1, 0.15) is 5.39 Å². The van der Waals surface area contributed by atoms with Crippen LogP contribution in [0, 0.1) is 0 Å². The summed E-state index contributed by atoms with van der Waals surface area (Å²) in [5, 5.41) is 7.25. The second-order valence-corrected chi connectivity index (χ2v) is 9.97. The summed E-state index contributed by atoms with van der Waals surface area (Å²) in [7, 11) is 0. The highest BCUT2D eigenvalue weighted by Gasteiger charge is 2.21. The predicted octanol–water partition coefficient (Wildman–Crippen LogP) is 4.11. The Labute approximate surface area is 193 Å². The fourth-order valence-corrected chi connectivity index (χ4v) is 4.39. The molecule has 8 nitrogen and oxygen atoms in total. The molecule has 2 N–H and O–H groups in total. The zero-order valence-corrected chi connectivity index (χ0v) is 19.9. The number of aromatic nitrogens is 5. The van der Waals surface area contributed by atoms with E-state index >= 15 is 0 Å². The van der Waals surface area contributed by atoms with Crippen LogP contribution >= 0.6 is 0 Å². The van der Waals surface area contributed by atoms with Crippen LogP contribution in [0.3, 0.4) is 0 Å². The largest absolute Gasteiger partial charge is 0.347 e. The molecule has 0 aliphatic carbocycles. The normalized spacial score (nSPS) is 14.1. The minimum atomic E-state index is -0.0880. The van der Waals surface area contributed by atoms with Crippen molar-refractivity contribution in [3.8, 4) is 5.69 Å². The fourth-order valence-electron chi connectivity index (χ4n) is 4.39. The summed E-state index contributed by atoms with van der Waals surface area (Å²) >= 11 is 0. The van der Waals surface area contributed by atoms with Crippen LogP contribution in [0.5, 0.6) is 0 Å². The maximum atomic E-state index is 13.2. The van der Waals surface area contributed by atoms with Crippen molar-refractivity contribution in [1.29, 1.82) is 0 Å². The predicted molar refractivity (Wildman–Crippen MR) is 132 cm³/mol. The quantitative estimate of drug-likeness (QED) is 0.494. The molecule has 5 rings (SSSR count). The van der Waals surface area contributed by atoms with Gasteiger partial charge in [-0.2, -0.15) is 4.98 Å². The van der Waals surface area contributed by atoms with Crippen LogP contribution in [0.25, 0.3) is 16.7 Å². The highest BCUT2D eigenvalue weighted by molar-refractivity contribution is 5.77.